The Labute approximate surface area is 199 Å². The Balaban J connectivity index is 1.15. The Kier molecular flexibility index (Phi) is 8.59. The Morgan fingerprint density at radius 1 is 1.15 bits per heavy atom. The second-order valence-electron chi connectivity index (χ2n) is 9.62. The Bertz CT molecular complexity index is 944. The van der Waals surface area contributed by atoms with Crippen molar-refractivity contribution in [2.75, 3.05) is 26.2 Å². The van der Waals surface area contributed by atoms with Gasteiger partial charge in [-0.15, -0.1) is 0 Å². The maximum absolute atomic E-state index is 12.4. The third kappa shape index (κ3) is 7.29. The van der Waals surface area contributed by atoms with E-state index in [0.717, 1.165) is 51.0 Å². The fourth-order valence-corrected chi connectivity index (χ4v) is 5.13. The fourth-order valence-electron chi connectivity index (χ4n) is 5.13. The van der Waals surface area contributed by atoms with Gasteiger partial charge in [0, 0.05) is 44.6 Å². The second kappa shape index (κ2) is 11.8. The summed E-state index contributed by atoms with van der Waals surface area (Å²) in [7, 11) is 0. The van der Waals surface area contributed by atoms with Crippen LogP contribution in [0.1, 0.15) is 61.5 Å². The molecule has 0 amide bonds. The van der Waals surface area contributed by atoms with Gasteiger partial charge >= 0.3 is 0 Å². The molecule has 2 aliphatic rings. The minimum atomic E-state index is -2.49. The lowest BCUT2D eigenvalue weighted by Gasteiger charge is -2.30. The minimum Gasteiger partial charge on any atom is -0.472 e. The van der Waals surface area contributed by atoms with Gasteiger partial charge < -0.3 is 14.2 Å². The zero-order valence-corrected chi connectivity index (χ0v) is 19.8. The largest absolute Gasteiger partial charge is 0.472 e. The van der Waals surface area contributed by atoms with Crippen LogP contribution in [-0.2, 0) is 24.1 Å². The molecule has 0 saturated heterocycles. The van der Waals surface area contributed by atoms with Gasteiger partial charge in [-0.1, -0.05) is 24.1 Å². The van der Waals surface area contributed by atoms with Gasteiger partial charge in [-0.3, -0.25) is 4.79 Å². The number of Topliss-reactive ketones (excluding diaryl/α,β-unsaturated/α-hetero) is 1. The normalized spacial score (nSPS) is 21.3. The van der Waals surface area contributed by atoms with Crippen LogP contribution in [0, 0.1) is 18.8 Å². The molecule has 0 spiro atoms. The predicted octanol–water partition coefficient (Wildman–Crippen LogP) is 4.22. The first-order valence-corrected chi connectivity index (χ1v) is 12.4. The van der Waals surface area contributed by atoms with Crippen molar-refractivity contribution >= 4 is 5.78 Å². The van der Waals surface area contributed by atoms with Crippen LogP contribution in [-0.4, -0.2) is 58.5 Å². The summed E-state index contributed by atoms with van der Waals surface area (Å²) in [5.74, 6) is 2.65. The maximum Gasteiger partial charge on any atom is 0.272 e. The monoisotopic (exact) mass is 476 g/mol. The molecule has 1 aliphatic heterocycles. The molecular weight excluding hydrogens is 442 g/mol. The fraction of sp³-hybridized carbons (Fsp3) is 0.680. The van der Waals surface area contributed by atoms with Crippen LogP contribution in [0.4, 0.5) is 8.78 Å². The highest BCUT2D eigenvalue weighted by atomic mass is 19.3. The third-order valence-corrected chi connectivity index (χ3v) is 7.02. The average Bonchev–Trinajstić information content (AvgIpc) is 3.11. The van der Waals surface area contributed by atoms with Crippen molar-refractivity contribution in [3.05, 3.63) is 35.1 Å². The number of carbonyl (C=O) groups is 1. The van der Waals surface area contributed by atoms with Crippen LogP contribution in [0.3, 0.4) is 0 Å². The van der Waals surface area contributed by atoms with Crippen LogP contribution >= 0.6 is 0 Å². The molecule has 4 rings (SSSR count). The molecule has 0 unspecified atom stereocenters. The molecule has 2 aromatic rings. The van der Waals surface area contributed by atoms with Gasteiger partial charge in [-0.05, 0) is 49.6 Å². The van der Waals surface area contributed by atoms with Gasteiger partial charge in [0.1, 0.15) is 5.78 Å². The molecule has 1 saturated carbocycles. The van der Waals surface area contributed by atoms with Crippen LogP contribution in [0.5, 0.6) is 5.88 Å². The second-order valence-corrected chi connectivity index (χ2v) is 9.62. The highest BCUT2D eigenvalue weighted by Crippen LogP contribution is 2.33. The SMILES string of the molecule is Cc1nc(CC(=O)CC2CCC(CCN3CCc4ccc(OCC(F)F)nc4CC3)CC2)no1. The lowest BCUT2D eigenvalue weighted by atomic mass is 9.78. The van der Waals surface area contributed by atoms with E-state index in [0.29, 0.717) is 30.0 Å². The molecule has 1 fully saturated rings. The molecule has 0 atom stereocenters. The molecule has 0 N–H and O–H groups in total. The van der Waals surface area contributed by atoms with Crippen LogP contribution in [0.2, 0.25) is 0 Å². The van der Waals surface area contributed by atoms with Gasteiger partial charge in [0.2, 0.25) is 11.8 Å². The molecule has 9 heteroatoms. The van der Waals surface area contributed by atoms with E-state index >= 15 is 0 Å². The molecule has 186 valence electrons. The van der Waals surface area contributed by atoms with Crippen LogP contribution < -0.4 is 4.74 Å². The van der Waals surface area contributed by atoms with Gasteiger partial charge in [0.15, 0.2) is 12.4 Å². The molecule has 2 aromatic heterocycles. The van der Waals surface area contributed by atoms with E-state index in [2.05, 4.69) is 20.0 Å². The number of hydrogen-bond acceptors (Lipinski definition) is 7. The van der Waals surface area contributed by atoms with Crippen LogP contribution in [0.15, 0.2) is 16.7 Å². The number of alkyl halides is 2. The van der Waals surface area contributed by atoms with E-state index < -0.39 is 13.0 Å². The molecule has 7 nitrogen and oxygen atoms in total. The summed E-state index contributed by atoms with van der Waals surface area (Å²) in [6, 6.07) is 3.67. The minimum absolute atomic E-state index is 0.199. The number of nitrogens with zero attached hydrogens (tertiary/aromatic N) is 4. The Hall–Kier alpha value is -2.42. The van der Waals surface area contributed by atoms with Crippen molar-refractivity contribution in [1.29, 1.82) is 0 Å². The number of pyridine rings is 1. The van der Waals surface area contributed by atoms with Crippen molar-refractivity contribution in [2.45, 2.75) is 71.1 Å². The lowest BCUT2D eigenvalue weighted by Crippen LogP contribution is -2.29. The molecule has 0 aromatic carbocycles. The first-order valence-electron chi connectivity index (χ1n) is 12.4. The Morgan fingerprint density at radius 3 is 2.65 bits per heavy atom. The zero-order valence-electron chi connectivity index (χ0n) is 19.8. The van der Waals surface area contributed by atoms with Gasteiger partial charge in [0.05, 0.1) is 6.42 Å². The van der Waals surface area contributed by atoms with Gasteiger partial charge in [-0.25, -0.2) is 13.8 Å². The maximum atomic E-state index is 12.4. The zero-order chi connectivity index (χ0) is 23.9. The number of aromatic nitrogens is 3. The van der Waals surface area contributed by atoms with E-state index in [1.54, 1.807) is 13.0 Å². The Morgan fingerprint density at radius 2 is 1.91 bits per heavy atom. The van der Waals surface area contributed by atoms with Crippen molar-refractivity contribution in [3.8, 4) is 5.88 Å². The predicted molar refractivity (Wildman–Crippen MR) is 122 cm³/mol. The number of aryl methyl sites for hydroxylation is 1. The number of halogens is 2. The third-order valence-electron chi connectivity index (χ3n) is 7.02. The molecule has 34 heavy (non-hydrogen) atoms. The molecule has 0 bridgehead atoms. The van der Waals surface area contributed by atoms with E-state index in [1.165, 1.54) is 24.8 Å². The van der Waals surface area contributed by atoms with E-state index in [-0.39, 0.29) is 18.1 Å². The number of fused-ring (bicyclic) bond motifs is 1. The van der Waals surface area contributed by atoms with E-state index in [1.807, 2.05) is 6.07 Å². The number of ether oxygens (including phenoxy) is 1. The highest BCUT2D eigenvalue weighted by molar-refractivity contribution is 5.80. The number of rotatable bonds is 10. The highest BCUT2D eigenvalue weighted by Gasteiger charge is 2.25. The van der Waals surface area contributed by atoms with Gasteiger partial charge in [-0.2, -0.15) is 4.98 Å². The summed E-state index contributed by atoms with van der Waals surface area (Å²) >= 11 is 0. The lowest BCUT2D eigenvalue weighted by molar-refractivity contribution is -0.119. The van der Waals surface area contributed by atoms with Crippen molar-refractivity contribution in [2.24, 2.45) is 11.8 Å². The summed E-state index contributed by atoms with van der Waals surface area (Å²) in [6.45, 7) is 4.10. The standard InChI is InChI=1S/C25H34F2N4O3/c1-17-28-24(30-34-17)15-21(32)14-19-4-2-18(3-5-19)8-11-31-12-9-20-6-7-25(33-16-23(26)27)29-22(20)10-13-31/h6-7,18-19,23H,2-5,8-16H2,1H3. The van der Waals surface area contributed by atoms with Crippen molar-refractivity contribution in [1.82, 2.24) is 20.0 Å². The van der Waals surface area contributed by atoms with Crippen molar-refractivity contribution in [3.63, 3.8) is 0 Å². The van der Waals surface area contributed by atoms with Crippen LogP contribution in [0.25, 0.3) is 0 Å². The van der Waals surface area contributed by atoms with Crippen molar-refractivity contribution < 1.29 is 22.8 Å². The van der Waals surface area contributed by atoms with E-state index in [4.69, 9.17) is 9.26 Å². The number of carbonyl (C=O) groups excluding carboxylic acids is 1. The first kappa shape index (κ1) is 24.7. The molecular formula is C25H34F2N4O3. The summed E-state index contributed by atoms with van der Waals surface area (Å²) in [4.78, 5) is 23.4. The quantitative estimate of drug-likeness (QED) is 0.508. The number of hydrogen-bond donors (Lipinski definition) is 0. The smallest absolute Gasteiger partial charge is 0.272 e. The summed E-state index contributed by atoms with van der Waals surface area (Å²) in [6.07, 6.45) is 5.88. The number of ketones is 1. The van der Waals surface area contributed by atoms with E-state index in [9.17, 15) is 13.6 Å². The summed E-state index contributed by atoms with van der Waals surface area (Å²) in [5.41, 5.74) is 2.16. The van der Waals surface area contributed by atoms with Gasteiger partial charge in [0.25, 0.3) is 6.43 Å². The average molecular weight is 477 g/mol. The summed E-state index contributed by atoms with van der Waals surface area (Å²) < 4.78 is 34.8. The molecule has 3 heterocycles. The summed E-state index contributed by atoms with van der Waals surface area (Å²) in [5, 5.41) is 3.82. The first-order chi connectivity index (χ1) is 16.4. The topological polar surface area (TPSA) is 81.4 Å². The molecule has 0 radical (unpaired) electrons. The molecule has 1 aliphatic carbocycles.